The van der Waals surface area contributed by atoms with Crippen molar-refractivity contribution in [2.75, 3.05) is 106 Å². The zero-order chi connectivity index (χ0) is 57.7. The SMILES string of the molecule is C=C/C(=C\C=C\N1CCN(C(=O)CCOCCOCCOCCOCCOCCC(=O)N[C@H](C(=O)N2C[C@H](O)C[C@H]2C(=O)NCc2ccc(-c3scnc3C)cc2)C(C)(C)C)CC1)c1n[nH]c2cnc(-c3c(F)cccc3OC)nc12. The summed E-state index contributed by atoms with van der Waals surface area (Å²) in [6.07, 6.45) is 8.50. The fraction of sp³-hybridized carbons (Fsp3) is 0.483. The van der Waals surface area contributed by atoms with Crippen LogP contribution in [0.25, 0.3) is 38.4 Å². The van der Waals surface area contributed by atoms with Crippen LogP contribution in [0.2, 0.25) is 0 Å². The number of β-amino-alcohol motifs (C(OH)–C–C–N with tert-alkyl or cyclic N) is 1. The van der Waals surface area contributed by atoms with Gasteiger partial charge in [-0.15, -0.1) is 11.3 Å². The number of amides is 4. The highest BCUT2D eigenvalue weighted by Crippen LogP contribution is 2.33. The number of carbonyl (C=O) groups is 4. The van der Waals surface area contributed by atoms with E-state index in [-0.39, 0.29) is 74.7 Å². The number of H-pyrrole nitrogens is 1. The molecule has 4 N–H and O–H groups in total. The molecule has 23 heteroatoms. The van der Waals surface area contributed by atoms with Crippen molar-refractivity contribution in [2.24, 2.45) is 5.41 Å². The van der Waals surface area contributed by atoms with Gasteiger partial charge in [0, 0.05) is 57.7 Å². The number of methoxy groups -OCH3 is 1. The lowest BCUT2D eigenvalue weighted by molar-refractivity contribution is -0.144. The predicted molar refractivity (Wildman–Crippen MR) is 304 cm³/mol. The minimum Gasteiger partial charge on any atom is -0.496 e. The lowest BCUT2D eigenvalue weighted by Gasteiger charge is -2.35. The summed E-state index contributed by atoms with van der Waals surface area (Å²) in [6.45, 7) is 17.4. The topological polar surface area (TPSA) is 245 Å². The summed E-state index contributed by atoms with van der Waals surface area (Å²) >= 11 is 1.57. The molecule has 0 spiro atoms. The second-order valence-corrected chi connectivity index (χ2v) is 21.3. The number of ether oxygens (including phenoxy) is 6. The highest BCUT2D eigenvalue weighted by Gasteiger charge is 2.44. The van der Waals surface area contributed by atoms with E-state index in [1.165, 1.54) is 18.1 Å². The van der Waals surface area contributed by atoms with Gasteiger partial charge >= 0.3 is 0 Å². The summed E-state index contributed by atoms with van der Waals surface area (Å²) in [5, 5.41) is 23.7. The van der Waals surface area contributed by atoms with Crippen molar-refractivity contribution >= 4 is 51.6 Å². The Morgan fingerprint density at radius 2 is 1.56 bits per heavy atom. The van der Waals surface area contributed by atoms with Crippen molar-refractivity contribution in [1.82, 2.24) is 50.5 Å². The molecule has 3 atom stereocenters. The summed E-state index contributed by atoms with van der Waals surface area (Å²) < 4.78 is 48.1. The van der Waals surface area contributed by atoms with E-state index in [0.717, 1.165) is 21.7 Å². The average Bonchev–Trinajstić information content (AvgIpc) is 4.36. The molecule has 21 nitrogen and oxygen atoms in total. The van der Waals surface area contributed by atoms with E-state index in [1.54, 1.807) is 35.7 Å². The predicted octanol–water partition coefficient (Wildman–Crippen LogP) is 5.50. The Hall–Kier alpha value is -6.99. The number of fused-ring (bicyclic) bond motifs is 1. The molecular weight excluding hydrogens is 1060 g/mol. The second kappa shape index (κ2) is 30.7. The number of aryl methyl sites for hydroxylation is 1. The van der Waals surface area contributed by atoms with Gasteiger partial charge < -0.3 is 58.9 Å². The van der Waals surface area contributed by atoms with Crippen LogP contribution in [0, 0.1) is 18.2 Å². The molecule has 436 valence electrons. The van der Waals surface area contributed by atoms with E-state index in [9.17, 15) is 28.7 Å². The van der Waals surface area contributed by atoms with Crippen LogP contribution in [0.3, 0.4) is 0 Å². The monoisotopic (exact) mass is 1140 g/mol. The molecule has 5 heterocycles. The van der Waals surface area contributed by atoms with E-state index >= 15 is 0 Å². The van der Waals surface area contributed by atoms with Crippen LogP contribution in [0.1, 0.15) is 57.0 Å². The van der Waals surface area contributed by atoms with Crippen molar-refractivity contribution in [1.29, 1.82) is 0 Å². The normalized spacial score (nSPS) is 16.3. The van der Waals surface area contributed by atoms with Gasteiger partial charge in [-0.25, -0.2) is 19.3 Å². The first kappa shape index (κ1) is 61.6. The molecule has 2 aliphatic rings. The molecule has 0 aliphatic carbocycles. The third-order valence-corrected chi connectivity index (χ3v) is 14.6. The van der Waals surface area contributed by atoms with Crippen LogP contribution in [0.4, 0.5) is 4.39 Å². The van der Waals surface area contributed by atoms with Gasteiger partial charge in [-0.3, -0.25) is 24.3 Å². The Bertz CT molecular complexity index is 2940. The smallest absolute Gasteiger partial charge is 0.246 e. The van der Waals surface area contributed by atoms with E-state index in [4.69, 9.17) is 28.4 Å². The van der Waals surface area contributed by atoms with Crippen LogP contribution in [-0.2, 0) is 49.4 Å². The number of carbonyl (C=O) groups excluding carboxylic acids is 4. The lowest BCUT2D eigenvalue weighted by atomic mass is 9.85. The summed E-state index contributed by atoms with van der Waals surface area (Å²) in [5.74, 6) is -1.13. The summed E-state index contributed by atoms with van der Waals surface area (Å²) in [4.78, 5) is 73.0. The highest BCUT2D eigenvalue weighted by atomic mass is 32.1. The molecule has 2 aliphatic heterocycles. The number of halogens is 1. The van der Waals surface area contributed by atoms with Crippen molar-refractivity contribution in [3.05, 3.63) is 108 Å². The first-order valence-electron chi connectivity index (χ1n) is 27.2. The molecule has 81 heavy (non-hydrogen) atoms. The maximum absolute atomic E-state index is 14.8. The number of allylic oxidation sites excluding steroid dienone is 4. The summed E-state index contributed by atoms with van der Waals surface area (Å²) in [6, 6.07) is 10.6. The number of piperazine rings is 1. The van der Waals surface area contributed by atoms with Crippen molar-refractivity contribution in [3.8, 4) is 27.6 Å². The Balaban J connectivity index is 0.679. The Labute approximate surface area is 475 Å². The van der Waals surface area contributed by atoms with Crippen LogP contribution in [0.15, 0.2) is 85.2 Å². The maximum Gasteiger partial charge on any atom is 0.246 e. The zero-order valence-corrected chi connectivity index (χ0v) is 47.6. The van der Waals surface area contributed by atoms with Crippen molar-refractivity contribution in [2.45, 2.75) is 71.7 Å². The van der Waals surface area contributed by atoms with Gasteiger partial charge in [0.05, 0.1) is 114 Å². The van der Waals surface area contributed by atoms with Gasteiger partial charge in [-0.05, 0) is 47.9 Å². The molecule has 5 aromatic rings. The van der Waals surface area contributed by atoms with Crippen molar-refractivity contribution in [3.63, 3.8) is 0 Å². The van der Waals surface area contributed by atoms with E-state index in [2.05, 4.69) is 47.3 Å². The quantitative estimate of drug-likeness (QED) is 0.0328. The fourth-order valence-electron chi connectivity index (χ4n) is 9.14. The Morgan fingerprint density at radius 1 is 0.901 bits per heavy atom. The molecule has 2 aromatic carbocycles. The lowest BCUT2D eigenvalue weighted by Crippen LogP contribution is -2.57. The first-order valence-corrected chi connectivity index (χ1v) is 28.0. The molecular formula is C58H75FN10O11S. The number of benzene rings is 2. The van der Waals surface area contributed by atoms with Crippen LogP contribution in [-0.4, -0.2) is 193 Å². The number of nitrogens with one attached hydrogen (secondary N) is 3. The number of rotatable bonds is 30. The van der Waals surface area contributed by atoms with Gasteiger partial charge in [0.2, 0.25) is 23.6 Å². The summed E-state index contributed by atoms with van der Waals surface area (Å²) in [5.41, 5.74) is 6.55. The number of nitrogens with zero attached hydrogens (tertiary/aromatic N) is 7. The summed E-state index contributed by atoms with van der Waals surface area (Å²) in [7, 11) is 1.47. The Kier molecular flexibility index (Phi) is 23.4. The Morgan fingerprint density at radius 3 is 2.17 bits per heavy atom. The van der Waals surface area contributed by atoms with Gasteiger partial charge in [0.1, 0.15) is 40.4 Å². The van der Waals surface area contributed by atoms with Gasteiger partial charge in [0.25, 0.3) is 0 Å². The number of aliphatic hydroxyl groups excluding tert-OH is 1. The van der Waals surface area contributed by atoms with Crippen LogP contribution < -0.4 is 15.4 Å². The number of thiazole rings is 1. The minimum atomic E-state index is -0.939. The van der Waals surface area contributed by atoms with E-state index in [1.807, 2.05) is 80.7 Å². The van der Waals surface area contributed by atoms with Gasteiger partial charge in [-0.1, -0.05) is 69.8 Å². The zero-order valence-electron chi connectivity index (χ0n) is 46.8. The molecule has 2 saturated heterocycles. The number of aromatic amines is 1. The third kappa shape index (κ3) is 17.8. The molecule has 0 bridgehead atoms. The van der Waals surface area contributed by atoms with Gasteiger partial charge in [-0.2, -0.15) is 5.10 Å². The highest BCUT2D eigenvalue weighted by molar-refractivity contribution is 7.13. The fourth-order valence-corrected chi connectivity index (χ4v) is 9.95. The van der Waals surface area contributed by atoms with E-state index in [0.29, 0.717) is 107 Å². The molecule has 4 amide bonds. The van der Waals surface area contributed by atoms with Gasteiger partial charge in [0.15, 0.2) is 5.82 Å². The molecule has 7 rings (SSSR count). The molecule has 0 radical (unpaired) electrons. The number of hydrogen-bond donors (Lipinski definition) is 4. The van der Waals surface area contributed by atoms with Crippen LogP contribution >= 0.6 is 11.3 Å². The standard InChI is InChI=1S/C58H75FN10O11S/c1-7-41(51-52-45(65-66-51)36-60-55(64-52)50-44(59)11-8-12-47(50)75-6)10-9-19-67-20-22-68(23-21-67)49(72)18-25-77-27-29-79-31-33-80-32-30-78-28-26-76-24-17-48(71)63-54(58(3,4)5)57(74)69-37-43(70)34-46(69)56(73)61-35-40-13-15-42(16-14-40)53-39(2)62-38-81-53/h7-16,19,36,38,43,46,54,70H,1,17-18,20-35,37H2,2-6H3,(H,61,73)(H,63,71)(H,65,66)/b19-9+,41-10+/t43-,46+,54-/m1/s1. The number of aromatic nitrogens is 5. The first-order chi connectivity index (χ1) is 39.1. The maximum atomic E-state index is 14.8. The third-order valence-electron chi connectivity index (χ3n) is 13.6. The number of aliphatic hydroxyl groups is 1. The minimum absolute atomic E-state index is 0.0132. The van der Waals surface area contributed by atoms with Crippen molar-refractivity contribution < 1.29 is 57.1 Å². The largest absolute Gasteiger partial charge is 0.496 e. The molecule has 2 fully saturated rings. The van der Waals surface area contributed by atoms with Crippen LogP contribution in [0.5, 0.6) is 5.75 Å². The average molecular weight is 1140 g/mol. The molecule has 3 aromatic heterocycles. The number of hydrogen-bond acceptors (Lipinski definition) is 17. The molecule has 0 saturated carbocycles. The molecule has 0 unspecified atom stereocenters. The number of likely N-dealkylation sites (tertiary alicyclic amines) is 1. The van der Waals surface area contributed by atoms with E-state index < -0.39 is 35.3 Å². The second-order valence-electron chi connectivity index (χ2n) is 20.4.